The zero-order chi connectivity index (χ0) is 14.9. The molecule has 1 aromatic carbocycles. The van der Waals surface area contributed by atoms with E-state index in [0.29, 0.717) is 0 Å². The largest absolute Gasteiger partial charge is 0.872 e. The van der Waals surface area contributed by atoms with Gasteiger partial charge in [-0.05, 0) is 51.1 Å². The molecule has 0 aliphatic heterocycles. The monoisotopic (exact) mass is 272 g/mol. The summed E-state index contributed by atoms with van der Waals surface area (Å²) in [5, 5.41) is 13.5. The molecule has 108 valence electrons. The van der Waals surface area contributed by atoms with Gasteiger partial charge in [-0.3, -0.25) is 4.98 Å². The number of aromatic nitrogens is 1. The quantitative estimate of drug-likeness (QED) is 0.919. The van der Waals surface area contributed by atoms with E-state index < -0.39 is 0 Å². The van der Waals surface area contributed by atoms with Crippen molar-refractivity contribution in [2.24, 2.45) is 0 Å². The van der Waals surface area contributed by atoms with Gasteiger partial charge in [0.2, 0.25) is 0 Å². The van der Waals surface area contributed by atoms with Crippen LogP contribution in [0.15, 0.2) is 12.1 Å². The summed E-state index contributed by atoms with van der Waals surface area (Å²) in [6.45, 7) is 13.2. The van der Waals surface area contributed by atoms with Crippen molar-refractivity contribution in [3.05, 3.63) is 34.5 Å². The molecule has 0 atom stereocenters. The maximum Gasteiger partial charge on any atom is 0.104 e. The number of quaternary nitrogens is 1. The second-order valence-electron chi connectivity index (χ2n) is 5.54. The van der Waals surface area contributed by atoms with E-state index in [0.717, 1.165) is 47.4 Å². The van der Waals surface area contributed by atoms with Gasteiger partial charge in [0.15, 0.2) is 0 Å². The van der Waals surface area contributed by atoms with Crippen LogP contribution in [0.5, 0.6) is 5.75 Å². The molecular formula is C17H24N2O. The molecule has 20 heavy (non-hydrogen) atoms. The van der Waals surface area contributed by atoms with Gasteiger partial charge >= 0.3 is 0 Å². The molecule has 0 radical (unpaired) electrons. The zero-order valence-corrected chi connectivity index (χ0v) is 13.1. The lowest BCUT2D eigenvalue weighted by atomic mass is 10.0. The molecule has 0 aliphatic carbocycles. The zero-order valence-electron chi connectivity index (χ0n) is 13.1. The minimum atomic E-state index is 0.162. The average Bonchev–Trinajstić information content (AvgIpc) is 2.44. The molecular weight excluding hydrogens is 248 g/mol. The summed E-state index contributed by atoms with van der Waals surface area (Å²) < 4.78 is 0. The van der Waals surface area contributed by atoms with Crippen molar-refractivity contribution in [1.82, 2.24) is 4.98 Å². The second kappa shape index (κ2) is 5.80. The standard InChI is InChI=1S/C17H24N2O/c1-6-19(7-2)10-15-13(5)18-16-12(4)11(3)8-9-14(16)17(15)20/h8-9H,6-7,10H2,1-5H3,(H,18,20). The van der Waals surface area contributed by atoms with Gasteiger partial charge in [-0.15, -0.1) is 0 Å². The summed E-state index contributed by atoms with van der Waals surface area (Å²) in [5.74, 6) is 0.162. The van der Waals surface area contributed by atoms with E-state index in [2.05, 4.69) is 20.8 Å². The molecule has 0 aliphatic rings. The number of fused-ring (bicyclic) bond motifs is 1. The van der Waals surface area contributed by atoms with E-state index in [1.165, 1.54) is 10.5 Å². The maximum atomic E-state index is 12.7. The summed E-state index contributed by atoms with van der Waals surface area (Å²) in [7, 11) is 0. The summed E-state index contributed by atoms with van der Waals surface area (Å²) in [5.41, 5.74) is 4.93. The normalized spacial score (nSPS) is 11.5. The number of nitrogens with one attached hydrogen (secondary N) is 1. The molecule has 0 fully saturated rings. The van der Waals surface area contributed by atoms with Crippen LogP contribution in [0.3, 0.4) is 0 Å². The molecule has 0 saturated carbocycles. The first-order chi connectivity index (χ1) is 9.49. The Hall–Kier alpha value is -1.61. The van der Waals surface area contributed by atoms with E-state index in [1.807, 2.05) is 26.0 Å². The van der Waals surface area contributed by atoms with Crippen LogP contribution in [-0.4, -0.2) is 18.1 Å². The van der Waals surface area contributed by atoms with Gasteiger partial charge < -0.3 is 10.0 Å². The fraction of sp³-hybridized carbons (Fsp3) is 0.471. The van der Waals surface area contributed by atoms with E-state index in [9.17, 15) is 5.11 Å². The fourth-order valence-electron chi connectivity index (χ4n) is 2.65. The predicted molar refractivity (Wildman–Crippen MR) is 81.1 cm³/mol. The van der Waals surface area contributed by atoms with Crippen molar-refractivity contribution < 1.29 is 10.0 Å². The molecule has 2 aromatic rings. The highest BCUT2D eigenvalue weighted by atomic mass is 16.3. The van der Waals surface area contributed by atoms with Crippen molar-refractivity contribution in [2.45, 2.75) is 41.2 Å². The SMILES string of the molecule is CC[NH+](CC)Cc1c(C)nc2c(C)c(C)ccc2c1[O-]. The molecule has 1 aromatic heterocycles. The number of rotatable bonds is 4. The van der Waals surface area contributed by atoms with Crippen LogP contribution in [0.1, 0.15) is 36.2 Å². The van der Waals surface area contributed by atoms with Gasteiger partial charge in [-0.25, -0.2) is 0 Å². The van der Waals surface area contributed by atoms with E-state index in [4.69, 9.17) is 4.98 Å². The number of benzene rings is 1. The fourth-order valence-corrected chi connectivity index (χ4v) is 2.65. The number of hydrogen-bond donors (Lipinski definition) is 1. The lowest BCUT2D eigenvalue weighted by molar-refractivity contribution is -0.910. The van der Waals surface area contributed by atoms with Gasteiger partial charge in [0.1, 0.15) is 6.54 Å². The molecule has 1 N–H and O–H groups in total. The van der Waals surface area contributed by atoms with Crippen LogP contribution in [0, 0.1) is 20.8 Å². The van der Waals surface area contributed by atoms with Gasteiger partial charge in [0.05, 0.1) is 18.6 Å². The number of hydrogen-bond acceptors (Lipinski definition) is 2. The van der Waals surface area contributed by atoms with Crippen molar-refractivity contribution >= 4 is 10.9 Å². The van der Waals surface area contributed by atoms with Crippen LogP contribution in [0.4, 0.5) is 0 Å². The Morgan fingerprint density at radius 2 is 1.75 bits per heavy atom. The predicted octanol–water partition coefficient (Wildman–Crippen LogP) is 1.66. The Bertz CT molecular complexity index is 631. The summed E-state index contributed by atoms with van der Waals surface area (Å²) in [6, 6.07) is 3.94. The highest BCUT2D eigenvalue weighted by Gasteiger charge is 2.13. The smallest absolute Gasteiger partial charge is 0.104 e. The number of aryl methyl sites for hydroxylation is 3. The average molecular weight is 272 g/mol. The van der Waals surface area contributed by atoms with E-state index in [-0.39, 0.29) is 5.75 Å². The lowest BCUT2D eigenvalue weighted by Crippen LogP contribution is -3.10. The van der Waals surface area contributed by atoms with Crippen LogP contribution < -0.4 is 10.0 Å². The van der Waals surface area contributed by atoms with Crippen molar-refractivity contribution in [2.75, 3.05) is 13.1 Å². The Morgan fingerprint density at radius 3 is 2.35 bits per heavy atom. The third-order valence-electron chi connectivity index (χ3n) is 4.36. The minimum Gasteiger partial charge on any atom is -0.872 e. The molecule has 0 amide bonds. The van der Waals surface area contributed by atoms with Crippen LogP contribution in [0.25, 0.3) is 10.9 Å². The Kier molecular flexibility index (Phi) is 4.29. The van der Waals surface area contributed by atoms with Crippen LogP contribution >= 0.6 is 0 Å². The first-order valence-corrected chi connectivity index (χ1v) is 7.39. The highest BCUT2D eigenvalue weighted by Crippen LogP contribution is 2.29. The Labute approximate surface area is 121 Å². The third kappa shape index (κ3) is 2.50. The van der Waals surface area contributed by atoms with E-state index >= 15 is 0 Å². The molecule has 3 heteroatoms. The summed E-state index contributed by atoms with van der Waals surface area (Å²) >= 11 is 0. The van der Waals surface area contributed by atoms with Gasteiger partial charge in [0.25, 0.3) is 0 Å². The first kappa shape index (κ1) is 14.8. The van der Waals surface area contributed by atoms with Crippen LogP contribution in [0.2, 0.25) is 0 Å². The third-order valence-corrected chi connectivity index (χ3v) is 4.36. The Morgan fingerprint density at radius 1 is 1.10 bits per heavy atom. The Balaban J connectivity index is 2.61. The van der Waals surface area contributed by atoms with Crippen molar-refractivity contribution in [1.29, 1.82) is 0 Å². The lowest BCUT2D eigenvalue weighted by Gasteiger charge is -2.23. The van der Waals surface area contributed by atoms with Gasteiger partial charge in [-0.2, -0.15) is 0 Å². The summed E-state index contributed by atoms with van der Waals surface area (Å²) in [4.78, 5) is 6.12. The molecule has 1 heterocycles. The van der Waals surface area contributed by atoms with Crippen molar-refractivity contribution in [3.8, 4) is 5.75 Å². The topological polar surface area (TPSA) is 40.4 Å². The van der Waals surface area contributed by atoms with Gasteiger partial charge in [-0.1, -0.05) is 17.9 Å². The van der Waals surface area contributed by atoms with Crippen LogP contribution in [-0.2, 0) is 6.54 Å². The minimum absolute atomic E-state index is 0.162. The maximum absolute atomic E-state index is 12.7. The first-order valence-electron chi connectivity index (χ1n) is 7.39. The number of nitrogens with zero attached hydrogens (tertiary/aromatic N) is 1. The number of pyridine rings is 1. The molecule has 0 bridgehead atoms. The van der Waals surface area contributed by atoms with Gasteiger partial charge in [0, 0.05) is 11.3 Å². The molecule has 0 spiro atoms. The second-order valence-corrected chi connectivity index (χ2v) is 5.54. The molecule has 0 unspecified atom stereocenters. The summed E-state index contributed by atoms with van der Waals surface area (Å²) in [6.07, 6.45) is 0. The molecule has 3 nitrogen and oxygen atoms in total. The molecule has 2 rings (SSSR count). The van der Waals surface area contributed by atoms with Crippen molar-refractivity contribution in [3.63, 3.8) is 0 Å². The highest BCUT2D eigenvalue weighted by molar-refractivity contribution is 5.89. The van der Waals surface area contributed by atoms with E-state index in [1.54, 1.807) is 0 Å². The molecule has 0 saturated heterocycles.